The van der Waals surface area contributed by atoms with E-state index < -0.39 is 5.41 Å². The van der Waals surface area contributed by atoms with Gasteiger partial charge in [0.15, 0.2) is 5.15 Å². The number of fused-ring (bicyclic) bond motifs is 3. The zero-order chi connectivity index (χ0) is 27.9. The summed E-state index contributed by atoms with van der Waals surface area (Å²) in [5, 5.41) is 0.478. The molecule has 2 amide bonds. The average molecular weight is 573 g/mol. The lowest BCUT2D eigenvalue weighted by atomic mass is 9.73. The van der Waals surface area contributed by atoms with Gasteiger partial charge in [0.05, 0.1) is 23.0 Å². The van der Waals surface area contributed by atoms with Crippen molar-refractivity contribution in [1.29, 1.82) is 0 Å². The first-order chi connectivity index (χ1) is 19.9. The molecule has 2 aromatic heterocycles. The maximum absolute atomic E-state index is 14.4. The molecule has 5 aliphatic rings. The summed E-state index contributed by atoms with van der Waals surface area (Å²) in [4.78, 5) is 42.7. The molecule has 0 unspecified atom stereocenters. The Labute approximate surface area is 245 Å². The molecule has 0 atom stereocenters. The van der Waals surface area contributed by atoms with Crippen LogP contribution in [-0.4, -0.2) is 74.4 Å². The van der Waals surface area contributed by atoms with Gasteiger partial charge in [0.25, 0.3) is 0 Å². The van der Waals surface area contributed by atoms with Crippen molar-refractivity contribution in [2.75, 3.05) is 31.1 Å². The predicted molar refractivity (Wildman–Crippen MR) is 159 cm³/mol. The lowest BCUT2D eigenvalue weighted by molar-refractivity contribution is -0.134. The third kappa shape index (κ3) is 4.04. The number of likely N-dealkylation sites (tertiary alicyclic amines) is 2. The van der Waals surface area contributed by atoms with Crippen LogP contribution in [0, 0.1) is 0 Å². The first-order valence-corrected chi connectivity index (χ1v) is 15.8. The molecule has 2 saturated carbocycles. The summed E-state index contributed by atoms with van der Waals surface area (Å²) in [5.41, 5.74) is 5.08. The molecule has 0 bridgehead atoms. The number of halogens is 1. The summed E-state index contributed by atoms with van der Waals surface area (Å²) in [7, 11) is 0. The van der Waals surface area contributed by atoms with E-state index in [0.717, 1.165) is 59.2 Å². The van der Waals surface area contributed by atoms with Crippen LogP contribution < -0.4 is 4.90 Å². The lowest BCUT2D eigenvalue weighted by Crippen LogP contribution is -2.58. The summed E-state index contributed by atoms with van der Waals surface area (Å²) in [6.45, 7) is 5.23. The average Bonchev–Trinajstić information content (AvgIpc) is 3.68. The van der Waals surface area contributed by atoms with E-state index in [0.29, 0.717) is 43.2 Å². The number of imidazole rings is 1. The molecule has 8 nitrogen and oxygen atoms in total. The molecule has 2 aliphatic carbocycles. The van der Waals surface area contributed by atoms with Gasteiger partial charge in [0.1, 0.15) is 5.52 Å². The second kappa shape index (κ2) is 9.53. The minimum absolute atomic E-state index is 0.0866. The minimum atomic E-state index is -0.561. The van der Waals surface area contributed by atoms with Gasteiger partial charge in [-0.2, -0.15) is 0 Å². The SMILES string of the molecule is CC(=O)N1CCC2(CC1)C(=O)N([C@H]1C[C@@H](N3CCCCC3)C1)c1cc(-c3cc4ncn(C5CC5)c4c(Cl)n3)ccc12. The number of carbonyl (C=O) groups excluding carboxylic acids is 2. The van der Waals surface area contributed by atoms with E-state index in [-0.39, 0.29) is 17.9 Å². The number of anilines is 1. The number of piperidine rings is 2. The summed E-state index contributed by atoms with van der Waals surface area (Å²) < 4.78 is 2.16. The molecular weight excluding hydrogens is 536 g/mol. The first-order valence-electron chi connectivity index (χ1n) is 15.4. The molecule has 9 heteroatoms. The van der Waals surface area contributed by atoms with Crippen molar-refractivity contribution in [3.05, 3.63) is 41.3 Å². The van der Waals surface area contributed by atoms with E-state index in [9.17, 15) is 9.59 Å². The second-order valence-electron chi connectivity index (χ2n) is 12.9. The van der Waals surface area contributed by atoms with E-state index >= 15 is 0 Å². The summed E-state index contributed by atoms with van der Waals surface area (Å²) >= 11 is 6.75. The van der Waals surface area contributed by atoms with E-state index in [4.69, 9.17) is 16.6 Å². The second-order valence-corrected chi connectivity index (χ2v) is 13.3. The molecule has 0 N–H and O–H groups in total. The normalized spacial score (nSPS) is 26.0. The molecule has 8 rings (SSSR count). The smallest absolute Gasteiger partial charge is 0.238 e. The number of rotatable bonds is 4. The number of hydrogen-bond acceptors (Lipinski definition) is 5. The highest BCUT2D eigenvalue weighted by molar-refractivity contribution is 6.34. The minimum Gasteiger partial charge on any atom is -0.343 e. The molecule has 0 radical (unpaired) electrons. The standard InChI is InChI=1S/C32H37ClN6O2/c1-20(40)36-13-9-32(10-14-36)25-8-5-21(26-18-27-29(30(33)35-26)38(19-34-27)22-6-7-22)15-28(25)39(31(32)41)24-16-23(17-24)37-11-3-2-4-12-37/h5,8,15,18-19,22-24H,2-4,6-7,9-14,16-17H2,1H3/t23-,24+. The molecule has 1 aromatic carbocycles. The maximum Gasteiger partial charge on any atom is 0.238 e. The molecule has 41 heavy (non-hydrogen) atoms. The maximum atomic E-state index is 14.4. The van der Waals surface area contributed by atoms with Crippen LogP contribution in [0.5, 0.6) is 0 Å². The van der Waals surface area contributed by atoms with Crippen molar-refractivity contribution in [1.82, 2.24) is 24.3 Å². The summed E-state index contributed by atoms with van der Waals surface area (Å²) in [6.07, 6.45) is 11.5. The van der Waals surface area contributed by atoms with Crippen LogP contribution in [0.2, 0.25) is 5.15 Å². The largest absolute Gasteiger partial charge is 0.343 e. The molecule has 4 fully saturated rings. The van der Waals surface area contributed by atoms with Crippen molar-refractivity contribution in [2.45, 2.75) is 88.3 Å². The van der Waals surface area contributed by atoms with Gasteiger partial charge in [0, 0.05) is 49.4 Å². The van der Waals surface area contributed by atoms with Crippen LogP contribution in [0.3, 0.4) is 0 Å². The predicted octanol–water partition coefficient (Wildman–Crippen LogP) is 5.33. The van der Waals surface area contributed by atoms with E-state index in [2.05, 4.69) is 37.5 Å². The number of pyridine rings is 1. The number of nitrogens with zero attached hydrogens (tertiary/aromatic N) is 6. The Bertz CT molecular complexity index is 1540. The molecule has 5 heterocycles. The van der Waals surface area contributed by atoms with Crippen molar-refractivity contribution >= 4 is 40.1 Å². The van der Waals surface area contributed by atoms with Crippen molar-refractivity contribution in [2.24, 2.45) is 0 Å². The topological polar surface area (TPSA) is 74.6 Å². The summed E-state index contributed by atoms with van der Waals surface area (Å²) in [6, 6.07) is 9.69. The lowest BCUT2D eigenvalue weighted by Gasteiger charge is -2.48. The molecule has 1 spiro atoms. The van der Waals surface area contributed by atoms with Gasteiger partial charge in [-0.3, -0.25) is 9.59 Å². The Morgan fingerprint density at radius 1 is 0.976 bits per heavy atom. The zero-order valence-corrected chi connectivity index (χ0v) is 24.4. The quantitative estimate of drug-likeness (QED) is 0.395. The van der Waals surface area contributed by atoms with Gasteiger partial charge >= 0.3 is 0 Å². The van der Waals surface area contributed by atoms with Gasteiger partial charge < -0.3 is 19.3 Å². The van der Waals surface area contributed by atoms with Crippen LogP contribution in [0.25, 0.3) is 22.3 Å². The van der Waals surface area contributed by atoms with Gasteiger partial charge in [0.2, 0.25) is 11.8 Å². The Kier molecular flexibility index (Phi) is 5.98. The molecule has 214 valence electrons. The van der Waals surface area contributed by atoms with Crippen LogP contribution in [0.4, 0.5) is 5.69 Å². The van der Waals surface area contributed by atoms with Gasteiger partial charge in [-0.25, -0.2) is 9.97 Å². The number of amides is 2. The Morgan fingerprint density at radius 2 is 1.73 bits per heavy atom. The number of hydrogen-bond donors (Lipinski definition) is 0. The van der Waals surface area contributed by atoms with Crippen molar-refractivity contribution in [3.8, 4) is 11.3 Å². The highest BCUT2D eigenvalue weighted by Gasteiger charge is 2.55. The van der Waals surface area contributed by atoms with Crippen molar-refractivity contribution < 1.29 is 9.59 Å². The van der Waals surface area contributed by atoms with Crippen molar-refractivity contribution in [3.63, 3.8) is 0 Å². The third-order valence-electron chi connectivity index (χ3n) is 10.6. The van der Waals surface area contributed by atoms with Gasteiger partial charge in [-0.1, -0.05) is 30.2 Å². The highest BCUT2D eigenvalue weighted by atomic mass is 35.5. The van der Waals surface area contributed by atoms with Gasteiger partial charge in [-0.05, 0) is 82.2 Å². The van der Waals surface area contributed by atoms with Crippen LogP contribution in [0.15, 0.2) is 30.6 Å². The fourth-order valence-electron chi connectivity index (χ4n) is 7.94. The first kappa shape index (κ1) is 25.7. The van der Waals surface area contributed by atoms with E-state index in [1.54, 1.807) is 6.92 Å². The Morgan fingerprint density at radius 3 is 2.44 bits per heavy atom. The van der Waals surface area contributed by atoms with Crippen LogP contribution in [0.1, 0.15) is 76.3 Å². The molecule has 3 aromatic rings. The van der Waals surface area contributed by atoms with Crippen LogP contribution in [-0.2, 0) is 15.0 Å². The number of benzene rings is 1. The summed E-state index contributed by atoms with van der Waals surface area (Å²) in [5.74, 6) is 0.308. The van der Waals surface area contributed by atoms with E-state index in [1.807, 2.05) is 17.3 Å². The molecular formula is C32H37ClN6O2. The fraction of sp³-hybridized carbons (Fsp3) is 0.562. The van der Waals surface area contributed by atoms with E-state index in [1.165, 1.54) is 32.4 Å². The highest BCUT2D eigenvalue weighted by Crippen LogP contribution is 2.52. The number of aromatic nitrogens is 3. The molecule has 2 saturated heterocycles. The Balaban J connectivity index is 1.15. The number of carbonyl (C=O) groups is 2. The zero-order valence-electron chi connectivity index (χ0n) is 23.7. The molecule has 3 aliphatic heterocycles. The van der Waals surface area contributed by atoms with Crippen LogP contribution >= 0.6 is 11.6 Å². The monoisotopic (exact) mass is 572 g/mol. The third-order valence-corrected chi connectivity index (χ3v) is 10.8. The Hall–Kier alpha value is -2.97. The van der Waals surface area contributed by atoms with Gasteiger partial charge in [-0.15, -0.1) is 0 Å². The fourth-order valence-corrected chi connectivity index (χ4v) is 8.23.